The highest BCUT2D eigenvalue weighted by Crippen LogP contribution is 2.29. The van der Waals surface area contributed by atoms with Crippen molar-refractivity contribution in [1.82, 2.24) is 5.32 Å². The molecule has 1 aliphatic rings. The van der Waals surface area contributed by atoms with E-state index in [0.717, 1.165) is 19.5 Å². The molecule has 1 aromatic carbocycles. The summed E-state index contributed by atoms with van der Waals surface area (Å²) in [6, 6.07) is 6.59. The number of primary amides is 1. The zero-order chi connectivity index (χ0) is 13.8. The van der Waals surface area contributed by atoms with E-state index in [2.05, 4.69) is 30.4 Å². The Kier molecular flexibility index (Phi) is 4.59. The van der Waals surface area contributed by atoms with Crippen molar-refractivity contribution in [2.24, 2.45) is 11.7 Å². The van der Waals surface area contributed by atoms with Crippen LogP contribution >= 0.6 is 0 Å². The molecule has 2 rings (SSSR count). The summed E-state index contributed by atoms with van der Waals surface area (Å²) in [7, 11) is 0. The molecule has 0 aromatic heterocycles. The van der Waals surface area contributed by atoms with E-state index in [1.807, 2.05) is 6.92 Å². The van der Waals surface area contributed by atoms with Crippen molar-refractivity contribution in [3.63, 3.8) is 0 Å². The maximum Gasteiger partial charge on any atom is 0.220 e. The molecule has 3 N–H and O–H groups in total. The SMILES string of the molecule is Cc1ccc(CC(C)C(N)=O)cc1C1CCNCC1. The largest absolute Gasteiger partial charge is 0.369 e. The maximum atomic E-state index is 11.2. The van der Waals surface area contributed by atoms with Gasteiger partial charge in [0, 0.05) is 5.92 Å². The lowest BCUT2D eigenvalue weighted by molar-refractivity contribution is -0.121. The molecule has 3 heteroatoms. The standard InChI is InChI=1S/C16H24N2O/c1-11-3-4-13(9-12(2)16(17)19)10-15(11)14-5-7-18-8-6-14/h3-4,10,12,14,18H,5-9H2,1-2H3,(H2,17,19). The Labute approximate surface area is 115 Å². The first-order valence-electron chi connectivity index (χ1n) is 7.17. The third kappa shape index (κ3) is 3.57. The van der Waals surface area contributed by atoms with Gasteiger partial charge in [-0.2, -0.15) is 0 Å². The van der Waals surface area contributed by atoms with E-state index < -0.39 is 0 Å². The summed E-state index contributed by atoms with van der Waals surface area (Å²) in [6.07, 6.45) is 3.15. The van der Waals surface area contributed by atoms with Crippen LogP contribution in [0.1, 0.15) is 42.4 Å². The van der Waals surface area contributed by atoms with Crippen molar-refractivity contribution in [2.45, 2.75) is 39.0 Å². The summed E-state index contributed by atoms with van der Waals surface area (Å²) in [5.74, 6) is 0.345. The zero-order valence-electron chi connectivity index (χ0n) is 11.9. The Morgan fingerprint density at radius 2 is 2.11 bits per heavy atom. The van der Waals surface area contributed by atoms with Crippen LogP contribution < -0.4 is 11.1 Å². The van der Waals surface area contributed by atoms with Crippen LogP contribution in [-0.4, -0.2) is 19.0 Å². The molecule has 0 bridgehead atoms. The van der Waals surface area contributed by atoms with Gasteiger partial charge in [0.2, 0.25) is 5.91 Å². The smallest absolute Gasteiger partial charge is 0.220 e. The number of hydrogen-bond acceptors (Lipinski definition) is 2. The molecule has 1 atom stereocenters. The van der Waals surface area contributed by atoms with Crippen molar-refractivity contribution >= 4 is 5.91 Å². The molecule has 0 saturated carbocycles. The van der Waals surface area contributed by atoms with E-state index in [0.29, 0.717) is 5.92 Å². The summed E-state index contributed by atoms with van der Waals surface area (Å²) in [6.45, 7) is 6.28. The molecule has 1 aliphatic heterocycles. The first-order valence-corrected chi connectivity index (χ1v) is 7.17. The number of amides is 1. The first kappa shape index (κ1) is 14.1. The summed E-state index contributed by atoms with van der Waals surface area (Å²) in [5.41, 5.74) is 9.39. The van der Waals surface area contributed by atoms with Gasteiger partial charge in [0.25, 0.3) is 0 Å². The van der Waals surface area contributed by atoms with Crippen molar-refractivity contribution in [3.05, 3.63) is 34.9 Å². The van der Waals surface area contributed by atoms with E-state index in [4.69, 9.17) is 5.73 Å². The predicted octanol–water partition coefficient (Wildman–Crippen LogP) is 2.13. The molecule has 1 amide bonds. The van der Waals surface area contributed by atoms with E-state index in [9.17, 15) is 4.79 Å². The number of carbonyl (C=O) groups excluding carboxylic acids is 1. The number of hydrogen-bond donors (Lipinski definition) is 2. The molecular weight excluding hydrogens is 236 g/mol. The molecule has 0 aliphatic carbocycles. The van der Waals surface area contributed by atoms with Gasteiger partial charge >= 0.3 is 0 Å². The highest BCUT2D eigenvalue weighted by molar-refractivity contribution is 5.76. The van der Waals surface area contributed by atoms with E-state index in [-0.39, 0.29) is 11.8 Å². The number of aryl methyl sites for hydroxylation is 1. The molecule has 1 saturated heterocycles. The predicted molar refractivity (Wildman–Crippen MR) is 78.1 cm³/mol. The molecule has 0 spiro atoms. The number of nitrogens with two attached hydrogens (primary N) is 1. The maximum absolute atomic E-state index is 11.2. The number of benzene rings is 1. The molecule has 0 radical (unpaired) electrons. The quantitative estimate of drug-likeness (QED) is 0.871. The average molecular weight is 260 g/mol. The molecular formula is C16H24N2O. The number of nitrogens with one attached hydrogen (secondary N) is 1. The van der Waals surface area contributed by atoms with Gasteiger partial charge in [0.1, 0.15) is 0 Å². The molecule has 104 valence electrons. The molecule has 1 aromatic rings. The van der Waals surface area contributed by atoms with Crippen LogP contribution in [0.5, 0.6) is 0 Å². The first-order chi connectivity index (χ1) is 9.08. The van der Waals surface area contributed by atoms with Gasteiger partial charge in [0.05, 0.1) is 0 Å². The Morgan fingerprint density at radius 1 is 1.42 bits per heavy atom. The van der Waals surface area contributed by atoms with Crippen molar-refractivity contribution in [1.29, 1.82) is 0 Å². The number of rotatable bonds is 4. The minimum absolute atomic E-state index is 0.0939. The lowest BCUT2D eigenvalue weighted by Gasteiger charge is -2.25. The minimum Gasteiger partial charge on any atom is -0.369 e. The van der Waals surface area contributed by atoms with Crippen molar-refractivity contribution in [3.8, 4) is 0 Å². The second kappa shape index (κ2) is 6.20. The molecule has 1 fully saturated rings. The zero-order valence-corrected chi connectivity index (χ0v) is 11.9. The lowest BCUT2D eigenvalue weighted by Crippen LogP contribution is -2.27. The van der Waals surface area contributed by atoms with Gasteiger partial charge in [-0.3, -0.25) is 4.79 Å². The van der Waals surface area contributed by atoms with Crippen molar-refractivity contribution in [2.75, 3.05) is 13.1 Å². The van der Waals surface area contributed by atoms with E-state index >= 15 is 0 Å². The third-order valence-corrected chi connectivity index (χ3v) is 4.15. The van der Waals surface area contributed by atoms with Gasteiger partial charge in [-0.1, -0.05) is 25.1 Å². The van der Waals surface area contributed by atoms with Crippen LogP contribution in [-0.2, 0) is 11.2 Å². The Morgan fingerprint density at radius 3 is 2.74 bits per heavy atom. The van der Waals surface area contributed by atoms with Crippen LogP contribution in [0.15, 0.2) is 18.2 Å². The highest BCUT2D eigenvalue weighted by Gasteiger charge is 2.18. The fourth-order valence-corrected chi connectivity index (χ4v) is 2.84. The van der Waals surface area contributed by atoms with Gasteiger partial charge in [0.15, 0.2) is 0 Å². The minimum atomic E-state index is -0.219. The fraction of sp³-hybridized carbons (Fsp3) is 0.562. The number of carbonyl (C=O) groups is 1. The Balaban J connectivity index is 2.16. The lowest BCUT2D eigenvalue weighted by atomic mass is 9.85. The van der Waals surface area contributed by atoms with Crippen LogP contribution in [0.4, 0.5) is 0 Å². The van der Waals surface area contributed by atoms with Crippen LogP contribution in [0, 0.1) is 12.8 Å². The van der Waals surface area contributed by atoms with Gasteiger partial charge in [-0.15, -0.1) is 0 Å². The Bertz CT molecular complexity index is 450. The monoisotopic (exact) mass is 260 g/mol. The summed E-state index contributed by atoms with van der Waals surface area (Å²) in [4.78, 5) is 11.2. The van der Waals surface area contributed by atoms with Crippen LogP contribution in [0.2, 0.25) is 0 Å². The second-order valence-corrected chi connectivity index (χ2v) is 5.72. The fourth-order valence-electron chi connectivity index (χ4n) is 2.84. The Hall–Kier alpha value is -1.35. The average Bonchev–Trinajstić information content (AvgIpc) is 2.41. The summed E-state index contributed by atoms with van der Waals surface area (Å²) >= 11 is 0. The highest BCUT2D eigenvalue weighted by atomic mass is 16.1. The topological polar surface area (TPSA) is 55.1 Å². The van der Waals surface area contributed by atoms with Gasteiger partial charge < -0.3 is 11.1 Å². The molecule has 1 heterocycles. The molecule has 19 heavy (non-hydrogen) atoms. The van der Waals surface area contributed by atoms with Crippen LogP contribution in [0.25, 0.3) is 0 Å². The van der Waals surface area contributed by atoms with E-state index in [1.165, 1.54) is 29.5 Å². The van der Waals surface area contributed by atoms with Gasteiger partial charge in [-0.05, 0) is 61.9 Å². The second-order valence-electron chi connectivity index (χ2n) is 5.72. The third-order valence-electron chi connectivity index (χ3n) is 4.15. The van der Waals surface area contributed by atoms with Crippen LogP contribution in [0.3, 0.4) is 0 Å². The number of piperidine rings is 1. The molecule has 1 unspecified atom stereocenters. The van der Waals surface area contributed by atoms with E-state index in [1.54, 1.807) is 0 Å². The van der Waals surface area contributed by atoms with Crippen molar-refractivity contribution < 1.29 is 4.79 Å². The normalized spacial score (nSPS) is 18.2. The summed E-state index contributed by atoms with van der Waals surface area (Å²) < 4.78 is 0. The molecule has 3 nitrogen and oxygen atoms in total. The summed E-state index contributed by atoms with van der Waals surface area (Å²) in [5, 5.41) is 3.40. The van der Waals surface area contributed by atoms with Gasteiger partial charge in [-0.25, -0.2) is 0 Å².